The SMILES string of the molecule is CCC(CC)(CNC(C)C)Cc1cccc(Br)c1. The minimum Gasteiger partial charge on any atom is -0.314 e. The van der Waals surface area contributed by atoms with Gasteiger partial charge >= 0.3 is 0 Å². The van der Waals surface area contributed by atoms with Gasteiger partial charge in [0.15, 0.2) is 0 Å². The first-order valence-electron chi connectivity index (χ1n) is 6.99. The van der Waals surface area contributed by atoms with Gasteiger partial charge in [-0.2, -0.15) is 0 Å². The number of benzene rings is 1. The molecule has 1 aromatic carbocycles. The number of rotatable bonds is 7. The Morgan fingerprint density at radius 3 is 2.39 bits per heavy atom. The van der Waals surface area contributed by atoms with Crippen molar-refractivity contribution >= 4 is 15.9 Å². The van der Waals surface area contributed by atoms with Crippen LogP contribution in [0, 0.1) is 5.41 Å². The Labute approximate surface area is 120 Å². The summed E-state index contributed by atoms with van der Waals surface area (Å²) in [5.74, 6) is 0. The lowest BCUT2D eigenvalue weighted by molar-refractivity contribution is 0.239. The van der Waals surface area contributed by atoms with Crippen LogP contribution in [0.25, 0.3) is 0 Å². The molecule has 1 rings (SSSR count). The zero-order valence-electron chi connectivity index (χ0n) is 12.1. The highest BCUT2D eigenvalue weighted by Crippen LogP contribution is 2.31. The smallest absolute Gasteiger partial charge is 0.0177 e. The average Bonchev–Trinajstić information content (AvgIpc) is 2.34. The van der Waals surface area contributed by atoms with E-state index >= 15 is 0 Å². The van der Waals surface area contributed by atoms with Gasteiger partial charge in [0.1, 0.15) is 0 Å². The molecule has 1 nitrogen and oxygen atoms in total. The molecule has 0 aliphatic heterocycles. The largest absolute Gasteiger partial charge is 0.314 e. The third-order valence-electron chi connectivity index (χ3n) is 3.85. The van der Waals surface area contributed by atoms with Crippen LogP contribution < -0.4 is 5.32 Å². The Hall–Kier alpha value is -0.340. The Bertz CT molecular complexity index is 356. The molecule has 0 saturated heterocycles. The van der Waals surface area contributed by atoms with Crippen molar-refractivity contribution in [1.82, 2.24) is 5.32 Å². The Morgan fingerprint density at radius 1 is 1.22 bits per heavy atom. The number of hydrogen-bond donors (Lipinski definition) is 1. The molecule has 0 heterocycles. The van der Waals surface area contributed by atoms with E-state index in [9.17, 15) is 0 Å². The van der Waals surface area contributed by atoms with Crippen molar-refractivity contribution in [1.29, 1.82) is 0 Å². The van der Waals surface area contributed by atoms with Gasteiger partial charge in [-0.05, 0) is 42.4 Å². The molecule has 0 bridgehead atoms. The van der Waals surface area contributed by atoms with E-state index in [2.05, 4.69) is 73.2 Å². The zero-order chi connectivity index (χ0) is 13.6. The molecule has 0 radical (unpaired) electrons. The molecule has 2 heteroatoms. The van der Waals surface area contributed by atoms with Crippen LogP contribution in [0.3, 0.4) is 0 Å². The molecule has 0 amide bonds. The van der Waals surface area contributed by atoms with Gasteiger partial charge in [-0.3, -0.25) is 0 Å². The monoisotopic (exact) mass is 311 g/mol. The van der Waals surface area contributed by atoms with Crippen molar-refractivity contribution in [3.05, 3.63) is 34.3 Å². The van der Waals surface area contributed by atoms with Crippen LogP contribution in [-0.2, 0) is 6.42 Å². The molecular formula is C16H26BrN. The van der Waals surface area contributed by atoms with Crippen molar-refractivity contribution in [2.24, 2.45) is 5.41 Å². The van der Waals surface area contributed by atoms with E-state index in [1.807, 2.05) is 0 Å². The molecule has 0 unspecified atom stereocenters. The van der Waals surface area contributed by atoms with Crippen LogP contribution in [-0.4, -0.2) is 12.6 Å². The fourth-order valence-electron chi connectivity index (χ4n) is 2.31. The topological polar surface area (TPSA) is 12.0 Å². The van der Waals surface area contributed by atoms with Crippen LogP contribution in [0.15, 0.2) is 28.7 Å². The first kappa shape index (κ1) is 15.7. The summed E-state index contributed by atoms with van der Waals surface area (Å²) in [5, 5.41) is 3.61. The molecule has 0 saturated carbocycles. The Morgan fingerprint density at radius 2 is 1.89 bits per heavy atom. The van der Waals surface area contributed by atoms with E-state index in [-0.39, 0.29) is 0 Å². The van der Waals surface area contributed by atoms with E-state index in [1.54, 1.807) is 0 Å². The summed E-state index contributed by atoms with van der Waals surface area (Å²) < 4.78 is 1.18. The normalized spacial score (nSPS) is 12.1. The fraction of sp³-hybridized carbons (Fsp3) is 0.625. The van der Waals surface area contributed by atoms with Crippen molar-refractivity contribution in [3.8, 4) is 0 Å². The molecule has 0 fully saturated rings. The highest BCUT2D eigenvalue weighted by molar-refractivity contribution is 9.10. The van der Waals surface area contributed by atoms with Crippen LogP contribution in [0.2, 0.25) is 0 Å². The molecular weight excluding hydrogens is 286 g/mol. The predicted molar refractivity (Wildman–Crippen MR) is 84.0 cm³/mol. The summed E-state index contributed by atoms with van der Waals surface area (Å²) in [6.45, 7) is 10.2. The minimum atomic E-state index is 0.380. The minimum absolute atomic E-state index is 0.380. The van der Waals surface area contributed by atoms with Gasteiger partial charge in [-0.15, -0.1) is 0 Å². The number of hydrogen-bond acceptors (Lipinski definition) is 1. The van der Waals surface area contributed by atoms with Gasteiger partial charge in [0.25, 0.3) is 0 Å². The molecule has 1 aromatic rings. The second kappa shape index (κ2) is 7.30. The molecule has 102 valence electrons. The van der Waals surface area contributed by atoms with Crippen LogP contribution in [0.4, 0.5) is 0 Å². The quantitative estimate of drug-likeness (QED) is 0.763. The van der Waals surface area contributed by atoms with E-state index in [4.69, 9.17) is 0 Å². The molecule has 18 heavy (non-hydrogen) atoms. The molecule has 0 atom stereocenters. The standard InChI is InChI=1S/C16H26BrN/c1-5-16(6-2,12-18-13(3)4)11-14-8-7-9-15(17)10-14/h7-10,13,18H,5-6,11-12H2,1-4H3. The molecule has 0 aliphatic rings. The van der Waals surface area contributed by atoms with Gasteiger partial charge in [0.05, 0.1) is 0 Å². The Balaban J connectivity index is 2.78. The van der Waals surface area contributed by atoms with Crippen LogP contribution >= 0.6 is 15.9 Å². The number of halogens is 1. The number of nitrogens with one attached hydrogen (secondary N) is 1. The lowest BCUT2D eigenvalue weighted by Crippen LogP contribution is -2.38. The Kier molecular flexibility index (Phi) is 6.37. The second-order valence-electron chi connectivity index (χ2n) is 5.55. The summed E-state index contributed by atoms with van der Waals surface area (Å²) in [4.78, 5) is 0. The second-order valence-corrected chi connectivity index (χ2v) is 6.47. The van der Waals surface area contributed by atoms with Crippen LogP contribution in [0.5, 0.6) is 0 Å². The maximum Gasteiger partial charge on any atom is 0.0177 e. The fourth-order valence-corrected chi connectivity index (χ4v) is 2.76. The van der Waals surface area contributed by atoms with E-state index in [0.717, 1.165) is 13.0 Å². The highest BCUT2D eigenvalue weighted by Gasteiger charge is 2.26. The van der Waals surface area contributed by atoms with E-state index in [1.165, 1.54) is 22.9 Å². The third-order valence-corrected chi connectivity index (χ3v) is 4.35. The lowest BCUT2D eigenvalue weighted by Gasteiger charge is -2.33. The molecule has 0 aromatic heterocycles. The summed E-state index contributed by atoms with van der Waals surface area (Å²) in [7, 11) is 0. The summed E-state index contributed by atoms with van der Waals surface area (Å²) in [6, 6.07) is 9.26. The van der Waals surface area contributed by atoms with Gasteiger partial charge in [-0.1, -0.05) is 55.8 Å². The maximum absolute atomic E-state index is 3.61. The summed E-state index contributed by atoms with van der Waals surface area (Å²) >= 11 is 3.56. The first-order chi connectivity index (χ1) is 8.51. The molecule has 0 spiro atoms. The van der Waals surface area contributed by atoms with Crippen molar-refractivity contribution < 1.29 is 0 Å². The van der Waals surface area contributed by atoms with Crippen LogP contribution in [0.1, 0.15) is 46.1 Å². The zero-order valence-corrected chi connectivity index (χ0v) is 13.7. The summed E-state index contributed by atoms with van der Waals surface area (Å²) in [6.07, 6.45) is 3.59. The van der Waals surface area contributed by atoms with Gasteiger partial charge < -0.3 is 5.32 Å². The van der Waals surface area contributed by atoms with Crippen molar-refractivity contribution in [3.63, 3.8) is 0 Å². The van der Waals surface area contributed by atoms with E-state index in [0.29, 0.717) is 11.5 Å². The van der Waals surface area contributed by atoms with Crippen molar-refractivity contribution in [2.75, 3.05) is 6.54 Å². The molecule has 1 N–H and O–H groups in total. The predicted octanol–water partition coefficient (Wildman–Crippen LogP) is 4.80. The lowest BCUT2D eigenvalue weighted by atomic mass is 9.76. The highest BCUT2D eigenvalue weighted by atomic mass is 79.9. The van der Waals surface area contributed by atoms with Gasteiger partial charge in [0, 0.05) is 17.1 Å². The van der Waals surface area contributed by atoms with Gasteiger partial charge in [-0.25, -0.2) is 0 Å². The average molecular weight is 312 g/mol. The van der Waals surface area contributed by atoms with Crippen molar-refractivity contribution in [2.45, 2.75) is 53.0 Å². The maximum atomic E-state index is 3.61. The van der Waals surface area contributed by atoms with E-state index < -0.39 is 0 Å². The summed E-state index contributed by atoms with van der Waals surface area (Å²) in [5.41, 5.74) is 1.81. The molecule has 0 aliphatic carbocycles. The third kappa shape index (κ3) is 4.74. The first-order valence-corrected chi connectivity index (χ1v) is 7.78. The van der Waals surface area contributed by atoms with Gasteiger partial charge in [0.2, 0.25) is 0 Å².